The summed E-state index contributed by atoms with van der Waals surface area (Å²) < 4.78 is 0. The number of amides is 6. The van der Waals surface area contributed by atoms with E-state index in [9.17, 15) is 28.8 Å². The van der Waals surface area contributed by atoms with E-state index in [2.05, 4.69) is 57.5 Å². The summed E-state index contributed by atoms with van der Waals surface area (Å²) in [6.07, 6.45) is 8.40. The number of primary amides is 1. The van der Waals surface area contributed by atoms with Crippen molar-refractivity contribution in [2.24, 2.45) is 23.0 Å². The summed E-state index contributed by atoms with van der Waals surface area (Å²) >= 11 is 0. The Labute approximate surface area is 304 Å². The average Bonchev–Trinajstić information content (AvgIpc) is 3.52. The molecular formula is C38H74N6O6. The number of nitrogens with one attached hydrogen (secondary N) is 3. The van der Waals surface area contributed by atoms with Gasteiger partial charge in [-0.15, -0.1) is 0 Å². The molecule has 1 saturated heterocycles. The summed E-state index contributed by atoms with van der Waals surface area (Å²) in [5, 5.41) is 7.97. The van der Waals surface area contributed by atoms with Crippen LogP contribution in [-0.2, 0) is 24.0 Å². The molecule has 0 aromatic heterocycles. The number of unbranched alkanes of at least 4 members (excludes halogenated alkanes) is 2. The van der Waals surface area contributed by atoms with Gasteiger partial charge in [-0.05, 0) is 49.9 Å². The summed E-state index contributed by atoms with van der Waals surface area (Å²) in [4.78, 5) is 79.6. The molecule has 12 nitrogen and oxygen atoms in total. The highest BCUT2D eigenvalue weighted by molar-refractivity contribution is 6.37. The Hall–Kier alpha value is -3.18. The maximum absolute atomic E-state index is 13.7. The fraction of sp³-hybridized carbons (Fsp3) is 0.842. The van der Waals surface area contributed by atoms with Gasteiger partial charge in [0.05, 0.1) is 12.6 Å². The van der Waals surface area contributed by atoms with E-state index < -0.39 is 53.1 Å². The van der Waals surface area contributed by atoms with Gasteiger partial charge in [0.1, 0.15) is 12.1 Å². The van der Waals surface area contributed by atoms with Crippen LogP contribution in [0.25, 0.3) is 0 Å². The summed E-state index contributed by atoms with van der Waals surface area (Å²) in [7, 11) is 0. The fourth-order valence-corrected chi connectivity index (χ4v) is 5.31. The number of likely N-dealkylation sites (tertiary alicyclic amines) is 1. The first-order valence-corrected chi connectivity index (χ1v) is 19.2. The zero-order valence-corrected chi connectivity index (χ0v) is 33.7. The van der Waals surface area contributed by atoms with Crippen LogP contribution in [0.2, 0.25) is 0 Å². The highest BCUT2D eigenvalue weighted by Gasteiger charge is 2.43. The number of urea groups is 1. The molecule has 1 heterocycles. The predicted molar refractivity (Wildman–Crippen MR) is 202 cm³/mol. The van der Waals surface area contributed by atoms with E-state index in [0.29, 0.717) is 38.9 Å². The Morgan fingerprint density at radius 3 is 1.88 bits per heavy atom. The van der Waals surface area contributed by atoms with Crippen molar-refractivity contribution < 1.29 is 28.8 Å². The molecule has 2 rings (SSSR count). The first kappa shape index (κ1) is 48.9. The Morgan fingerprint density at radius 1 is 0.880 bits per heavy atom. The molecule has 2 fully saturated rings. The van der Waals surface area contributed by atoms with Gasteiger partial charge in [0.15, 0.2) is 0 Å². The fourth-order valence-electron chi connectivity index (χ4n) is 5.31. The SMILES string of the molecule is CC.CC(C)C.CCC.CCCCCN(CC)C(=O)CNC(=O)N[C@H](C(=O)N1CCC[C@H]1C(=O)NC(CC1CCC1)C(=O)C(N)=O)C(C)(C)C. The second-order valence-corrected chi connectivity index (χ2v) is 14.8. The first-order valence-electron chi connectivity index (χ1n) is 19.2. The number of nitrogens with zero attached hydrogens (tertiary/aromatic N) is 2. The first-order chi connectivity index (χ1) is 23.4. The highest BCUT2D eigenvalue weighted by Crippen LogP contribution is 2.31. The van der Waals surface area contributed by atoms with Gasteiger partial charge < -0.3 is 31.5 Å². The molecule has 5 N–H and O–H groups in total. The van der Waals surface area contributed by atoms with Crippen molar-refractivity contribution >= 4 is 35.4 Å². The van der Waals surface area contributed by atoms with E-state index in [-0.39, 0.29) is 18.4 Å². The van der Waals surface area contributed by atoms with E-state index in [4.69, 9.17) is 5.73 Å². The molecule has 3 atom stereocenters. The summed E-state index contributed by atoms with van der Waals surface area (Å²) in [5.74, 6) is -2.00. The topological polar surface area (TPSA) is 171 Å². The zero-order chi connectivity index (χ0) is 39.0. The maximum Gasteiger partial charge on any atom is 0.315 e. The van der Waals surface area contributed by atoms with Crippen LogP contribution in [0.1, 0.15) is 147 Å². The van der Waals surface area contributed by atoms with Crippen LogP contribution in [0.5, 0.6) is 0 Å². The van der Waals surface area contributed by atoms with Crippen LogP contribution >= 0.6 is 0 Å². The van der Waals surface area contributed by atoms with E-state index in [0.717, 1.165) is 44.4 Å². The third kappa shape index (κ3) is 19.3. The summed E-state index contributed by atoms with van der Waals surface area (Å²) in [6.45, 7) is 25.4. The molecule has 1 saturated carbocycles. The van der Waals surface area contributed by atoms with Gasteiger partial charge in [0, 0.05) is 19.6 Å². The van der Waals surface area contributed by atoms with E-state index in [1.54, 1.807) is 25.7 Å². The number of likely N-dealkylation sites (N-methyl/N-ethyl adjacent to an activating group) is 1. The Morgan fingerprint density at radius 2 is 1.44 bits per heavy atom. The molecule has 0 radical (unpaired) electrons. The number of Topliss-reactive ketones (excluding diaryl/α,β-unsaturated/α-hetero) is 1. The highest BCUT2D eigenvalue weighted by atomic mass is 16.2. The molecule has 292 valence electrons. The number of carbonyl (C=O) groups is 6. The minimum atomic E-state index is -1.10. The number of hydrogen-bond donors (Lipinski definition) is 4. The van der Waals surface area contributed by atoms with E-state index >= 15 is 0 Å². The number of carbonyl (C=O) groups excluding carboxylic acids is 6. The zero-order valence-electron chi connectivity index (χ0n) is 33.7. The Balaban J connectivity index is 0. The van der Waals surface area contributed by atoms with Crippen LogP contribution in [0.15, 0.2) is 0 Å². The molecule has 0 aromatic rings. The van der Waals surface area contributed by atoms with Crippen molar-refractivity contribution in [3.05, 3.63) is 0 Å². The van der Waals surface area contributed by atoms with Crippen molar-refractivity contribution in [2.45, 2.75) is 165 Å². The van der Waals surface area contributed by atoms with Crippen LogP contribution in [0.3, 0.4) is 0 Å². The van der Waals surface area contributed by atoms with Gasteiger partial charge >= 0.3 is 6.03 Å². The lowest BCUT2D eigenvalue weighted by Crippen LogP contribution is -2.60. The van der Waals surface area contributed by atoms with Gasteiger partial charge in [-0.1, -0.05) is 115 Å². The molecule has 2 aliphatic rings. The van der Waals surface area contributed by atoms with Crippen molar-refractivity contribution in [3.63, 3.8) is 0 Å². The Kier molecular flexibility index (Phi) is 26.0. The van der Waals surface area contributed by atoms with E-state index in [1.165, 1.54) is 11.3 Å². The Bertz CT molecular complexity index is 1020. The van der Waals surface area contributed by atoms with Gasteiger partial charge in [0.25, 0.3) is 5.91 Å². The van der Waals surface area contributed by atoms with Crippen LogP contribution < -0.4 is 21.7 Å². The smallest absolute Gasteiger partial charge is 0.315 e. The number of rotatable bonds is 15. The maximum atomic E-state index is 13.7. The number of nitrogens with two attached hydrogens (primary N) is 1. The number of hydrogen-bond acceptors (Lipinski definition) is 6. The lowest BCUT2D eigenvalue weighted by molar-refractivity contribution is -0.143. The molecule has 50 heavy (non-hydrogen) atoms. The van der Waals surface area contributed by atoms with Gasteiger partial charge in [-0.2, -0.15) is 0 Å². The molecule has 1 unspecified atom stereocenters. The minimum Gasteiger partial charge on any atom is -0.363 e. The number of ketones is 1. The third-order valence-electron chi connectivity index (χ3n) is 8.06. The normalized spacial score (nSPS) is 16.4. The molecule has 1 aliphatic heterocycles. The van der Waals surface area contributed by atoms with Crippen LogP contribution in [-0.4, -0.2) is 89.5 Å². The molecule has 0 spiro atoms. The van der Waals surface area contributed by atoms with Gasteiger partial charge in [-0.3, -0.25) is 24.0 Å². The summed E-state index contributed by atoms with van der Waals surface area (Å²) in [6, 6.07) is -3.49. The lowest BCUT2D eigenvalue weighted by atomic mass is 9.80. The quantitative estimate of drug-likeness (QED) is 0.128. The monoisotopic (exact) mass is 711 g/mol. The standard InChI is InChI=1S/C29H50N6O6.C4H10.C3H8.C2H6/c1-6-8-9-15-34(7-2)22(36)18-31-28(41)33-24(29(3,4)5)27(40)35-16-11-14-21(35)26(39)32-20(23(37)25(30)38)17-19-12-10-13-19;1-4(2)3;1-3-2;1-2/h19-21,24H,6-18H2,1-5H3,(H2,30,38)(H,32,39)(H2,31,33,41);4H,1-3H3;3H2,1-2H3;1-2H3/t20?,21-,24+;;;/m0.../s1. The van der Waals surface area contributed by atoms with E-state index in [1.807, 2.05) is 20.8 Å². The second-order valence-electron chi connectivity index (χ2n) is 14.8. The predicted octanol–water partition coefficient (Wildman–Crippen LogP) is 5.56. The van der Waals surface area contributed by atoms with Crippen molar-refractivity contribution in [1.82, 2.24) is 25.8 Å². The molecule has 12 heteroatoms. The molecule has 0 aromatic carbocycles. The van der Waals surface area contributed by atoms with Crippen LogP contribution in [0.4, 0.5) is 4.79 Å². The molecule has 0 bridgehead atoms. The van der Waals surface area contributed by atoms with Crippen LogP contribution in [0, 0.1) is 17.3 Å². The van der Waals surface area contributed by atoms with Crippen molar-refractivity contribution in [3.8, 4) is 0 Å². The lowest BCUT2D eigenvalue weighted by Gasteiger charge is -2.36. The third-order valence-corrected chi connectivity index (χ3v) is 8.06. The van der Waals surface area contributed by atoms with Crippen molar-refractivity contribution in [1.29, 1.82) is 0 Å². The minimum absolute atomic E-state index is 0.193. The second kappa shape index (κ2) is 26.6. The molecule has 6 amide bonds. The largest absolute Gasteiger partial charge is 0.363 e. The average molecular weight is 711 g/mol. The van der Waals surface area contributed by atoms with Crippen molar-refractivity contribution in [2.75, 3.05) is 26.2 Å². The summed E-state index contributed by atoms with van der Waals surface area (Å²) in [5.41, 5.74) is 4.53. The molecular weight excluding hydrogens is 636 g/mol. The van der Waals surface area contributed by atoms with Gasteiger partial charge in [-0.25, -0.2) is 4.79 Å². The molecule has 1 aliphatic carbocycles. The van der Waals surface area contributed by atoms with Gasteiger partial charge in [0.2, 0.25) is 23.5 Å².